The quantitative estimate of drug-likeness (QED) is 0.159. The van der Waals surface area contributed by atoms with Crippen LogP contribution in [-0.4, -0.2) is 6.71 Å². The van der Waals surface area contributed by atoms with Gasteiger partial charge in [-0.3, -0.25) is 0 Å². The Labute approximate surface area is 419 Å². The summed E-state index contributed by atoms with van der Waals surface area (Å²) >= 11 is 7.58. The molecule has 0 bridgehead atoms. The lowest BCUT2D eigenvalue weighted by molar-refractivity contribution is 0.591. The summed E-state index contributed by atoms with van der Waals surface area (Å²) in [6.07, 6.45) is 0. The van der Waals surface area contributed by atoms with E-state index < -0.39 is 0 Å². The molecule has 0 saturated heterocycles. The van der Waals surface area contributed by atoms with Crippen molar-refractivity contribution in [3.05, 3.63) is 199 Å². The summed E-state index contributed by atoms with van der Waals surface area (Å²) < 4.78 is 5.27. The molecule has 0 fully saturated rings. The van der Waals surface area contributed by atoms with E-state index in [1.165, 1.54) is 132 Å². The molecule has 0 aliphatic carbocycles. The van der Waals surface area contributed by atoms with Crippen molar-refractivity contribution in [2.75, 3.05) is 9.80 Å². The van der Waals surface area contributed by atoms with E-state index in [1.807, 2.05) is 45.3 Å². The van der Waals surface area contributed by atoms with Crippen LogP contribution in [0, 0.1) is 13.8 Å². The molecule has 0 N–H and O–H groups in total. The fraction of sp³-hybridized carbons (Fsp3) is 0.0968. The number of fused-ring (bicyclic) bond motifs is 9. The minimum absolute atomic E-state index is 0.00408. The lowest BCUT2D eigenvalue weighted by atomic mass is 9.33. The SMILES string of the molecule is Cc1cc(-c2cc3ccccc3s2)cc(C)c1N1c2cccc3c2B(c2ccc(-c4cc5ccccc5s4)cc2N3c2cccc(-c3cc4ccccc4s3)c2)c2c1sc1ccc(C(C)(C)C)cc21. The number of benzene rings is 8. The zero-order chi connectivity index (χ0) is 46.3. The van der Waals surface area contributed by atoms with E-state index in [4.69, 9.17) is 0 Å². The molecule has 8 aromatic carbocycles. The second-order valence-corrected chi connectivity index (χ2v) is 24.1. The first-order valence-electron chi connectivity index (χ1n) is 23.8. The monoisotopic (exact) mass is 956 g/mol. The number of nitrogens with zero attached hydrogens (tertiary/aromatic N) is 2. The van der Waals surface area contributed by atoms with E-state index in [0.717, 1.165) is 5.69 Å². The largest absolute Gasteiger partial charge is 0.311 e. The van der Waals surface area contributed by atoms with Gasteiger partial charge in [0.15, 0.2) is 0 Å². The first-order chi connectivity index (χ1) is 33.6. The summed E-state index contributed by atoms with van der Waals surface area (Å²) in [6.45, 7) is 11.7. The third-order valence-electron chi connectivity index (χ3n) is 14.4. The lowest BCUT2D eigenvalue weighted by Crippen LogP contribution is -2.61. The van der Waals surface area contributed by atoms with Crippen LogP contribution in [0.1, 0.15) is 37.5 Å². The number of rotatable bonds is 5. The van der Waals surface area contributed by atoms with Crippen molar-refractivity contribution in [2.45, 2.75) is 40.0 Å². The normalized spacial score (nSPS) is 13.2. The van der Waals surface area contributed by atoms with E-state index in [9.17, 15) is 0 Å². The predicted molar refractivity (Wildman–Crippen MR) is 306 cm³/mol. The standard InChI is InChI=1S/C62H45BN2S4/c1-36-28-43(57-34-41-16-8-11-23-53(41)68-57)29-37(2)60(36)65-49-20-13-19-48-59(49)63(58-46-35-44(62(3,4)5)25-27-54(46)69-61(58)65)47-26-24-42(56-33-40-15-7-10-22-52(40)67-56)31-50(47)64(48)45-18-12-17-38(30-45)55-32-39-14-6-9-21-51(39)66-55/h6-35H,1-5H3. The minimum Gasteiger partial charge on any atom is -0.311 e. The Balaban J connectivity index is 1.03. The molecule has 12 aromatic rings. The van der Waals surface area contributed by atoms with Crippen LogP contribution in [0.3, 0.4) is 0 Å². The molecule has 0 amide bonds. The van der Waals surface area contributed by atoms with Crippen LogP contribution >= 0.6 is 45.3 Å². The molecule has 0 spiro atoms. The summed E-state index contributed by atoms with van der Waals surface area (Å²) in [4.78, 5) is 9.10. The van der Waals surface area contributed by atoms with Gasteiger partial charge >= 0.3 is 0 Å². The molecule has 0 saturated carbocycles. The van der Waals surface area contributed by atoms with Gasteiger partial charge in [0.2, 0.25) is 0 Å². The molecule has 4 aromatic heterocycles. The van der Waals surface area contributed by atoms with E-state index in [1.54, 1.807) is 0 Å². The van der Waals surface area contributed by atoms with Crippen molar-refractivity contribution in [3.8, 4) is 31.3 Å². The van der Waals surface area contributed by atoms with Gasteiger partial charge in [-0.05, 0) is 176 Å². The van der Waals surface area contributed by atoms with Crippen molar-refractivity contribution in [1.82, 2.24) is 0 Å². The van der Waals surface area contributed by atoms with Crippen LogP contribution in [0.15, 0.2) is 182 Å². The highest BCUT2D eigenvalue weighted by atomic mass is 32.1. The highest BCUT2D eigenvalue weighted by Gasteiger charge is 2.46. The third-order valence-corrected chi connectivity index (χ3v) is 19.1. The molecule has 2 aliphatic rings. The predicted octanol–water partition coefficient (Wildman–Crippen LogP) is 17.5. The molecule has 69 heavy (non-hydrogen) atoms. The van der Waals surface area contributed by atoms with Gasteiger partial charge in [0.25, 0.3) is 6.71 Å². The van der Waals surface area contributed by atoms with Gasteiger partial charge in [-0.1, -0.05) is 118 Å². The number of hydrogen-bond acceptors (Lipinski definition) is 6. The Bertz CT molecular complexity index is 3960. The molecule has 330 valence electrons. The van der Waals surface area contributed by atoms with E-state index >= 15 is 0 Å². The summed E-state index contributed by atoms with van der Waals surface area (Å²) in [7, 11) is 0. The van der Waals surface area contributed by atoms with Gasteiger partial charge in [-0.25, -0.2) is 0 Å². The van der Waals surface area contributed by atoms with Crippen LogP contribution < -0.4 is 26.2 Å². The second-order valence-electron chi connectivity index (χ2n) is 19.8. The molecule has 2 aliphatic heterocycles. The molecule has 0 unspecified atom stereocenters. The van der Waals surface area contributed by atoms with Crippen molar-refractivity contribution in [2.24, 2.45) is 0 Å². The molecule has 2 nitrogen and oxygen atoms in total. The zero-order valence-corrected chi connectivity index (χ0v) is 42.2. The van der Waals surface area contributed by atoms with Crippen LogP contribution in [0.2, 0.25) is 0 Å². The maximum Gasteiger partial charge on any atom is 0.254 e. The average Bonchev–Trinajstić information content (AvgIpc) is 4.18. The van der Waals surface area contributed by atoms with E-state index in [-0.39, 0.29) is 12.1 Å². The first kappa shape index (κ1) is 41.3. The Morgan fingerprint density at radius 2 is 0.986 bits per heavy atom. The topological polar surface area (TPSA) is 6.48 Å². The minimum atomic E-state index is -0.00408. The van der Waals surface area contributed by atoms with Gasteiger partial charge < -0.3 is 9.80 Å². The van der Waals surface area contributed by atoms with Gasteiger partial charge in [-0.2, -0.15) is 0 Å². The molecule has 0 atom stereocenters. The Morgan fingerprint density at radius 1 is 0.420 bits per heavy atom. The number of hydrogen-bond donors (Lipinski definition) is 0. The third kappa shape index (κ3) is 6.48. The van der Waals surface area contributed by atoms with Crippen molar-refractivity contribution in [3.63, 3.8) is 0 Å². The lowest BCUT2D eigenvalue weighted by Gasteiger charge is -2.43. The van der Waals surface area contributed by atoms with Gasteiger partial charge in [0.05, 0.1) is 10.7 Å². The number of anilines is 6. The van der Waals surface area contributed by atoms with Crippen molar-refractivity contribution in [1.29, 1.82) is 0 Å². The molecule has 14 rings (SSSR count). The fourth-order valence-electron chi connectivity index (χ4n) is 11.2. The molecular formula is C62H45BN2S4. The molecular weight excluding hydrogens is 912 g/mol. The second kappa shape index (κ2) is 15.4. The maximum absolute atomic E-state index is 2.65. The molecule has 7 heteroatoms. The number of thiophene rings is 4. The van der Waals surface area contributed by atoms with Crippen LogP contribution in [0.25, 0.3) is 71.7 Å². The smallest absolute Gasteiger partial charge is 0.254 e. The number of aryl methyl sites for hydroxylation is 2. The Hall–Kier alpha value is -6.74. The summed E-state index contributed by atoms with van der Waals surface area (Å²) in [5.74, 6) is 0. The van der Waals surface area contributed by atoms with E-state index in [0.29, 0.717) is 0 Å². The summed E-state index contributed by atoms with van der Waals surface area (Å²) in [6, 6.07) is 69.2. The van der Waals surface area contributed by atoms with Crippen LogP contribution in [0.4, 0.5) is 33.4 Å². The highest BCUT2D eigenvalue weighted by Crippen LogP contribution is 2.51. The van der Waals surface area contributed by atoms with Crippen molar-refractivity contribution >= 4 is 142 Å². The average molecular weight is 957 g/mol. The Morgan fingerprint density at radius 3 is 1.59 bits per heavy atom. The maximum atomic E-state index is 2.65. The summed E-state index contributed by atoms with van der Waals surface area (Å²) in [5, 5.41) is 6.54. The van der Waals surface area contributed by atoms with Crippen LogP contribution in [-0.2, 0) is 5.41 Å². The fourth-order valence-corrected chi connectivity index (χ4v) is 15.6. The van der Waals surface area contributed by atoms with Gasteiger partial charge in [-0.15, -0.1) is 45.3 Å². The van der Waals surface area contributed by atoms with Gasteiger partial charge in [0, 0.05) is 56.2 Å². The Kier molecular flexibility index (Phi) is 9.20. The van der Waals surface area contributed by atoms with Gasteiger partial charge in [0.1, 0.15) is 0 Å². The first-order valence-corrected chi connectivity index (χ1v) is 27.0. The van der Waals surface area contributed by atoms with Crippen molar-refractivity contribution < 1.29 is 0 Å². The molecule has 6 heterocycles. The molecule has 0 radical (unpaired) electrons. The van der Waals surface area contributed by atoms with E-state index in [2.05, 4.69) is 226 Å². The van der Waals surface area contributed by atoms with Crippen LogP contribution in [0.5, 0.6) is 0 Å². The zero-order valence-electron chi connectivity index (χ0n) is 38.9. The summed E-state index contributed by atoms with van der Waals surface area (Å²) in [5.41, 5.74) is 17.9. The highest BCUT2D eigenvalue weighted by molar-refractivity contribution is 7.27.